The van der Waals surface area contributed by atoms with Crippen LogP contribution >= 0.6 is 0 Å². The summed E-state index contributed by atoms with van der Waals surface area (Å²) in [5.74, 6) is -0.657. The van der Waals surface area contributed by atoms with Gasteiger partial charge in [-0.1, -0.05) is 31.2 Å². The molecule has 10 nitrogen and oxygen atoms in total. The van der Waals surface area contributed by atoms with Crippen LogP contribution < -0.4 is 29.7 Å². The number of rotatable bonds is 10. The second-order valence-electron chi connectivity index (χ2n) is 9.37. The van der Waals surface area contributed by atoms with Crippen LogP contribution in [0.2, 0.25) is 0 Å². The Labute approximate surface area is 237 Å². The van der Waals surface area contributed by atoms with Crippen LogP contribution in [0.25, 0.3) is 6.08 Å². The molecule has 4 rings (SSSR count). The number of hydrogen-bond donors (Lipinski definition) is 2. The Morgan fingerprint density at radius 2 is 1.71 bits per heavy atom. The van der Waals surface area contributed by atoms with Gasteiger partial charge in [-0.05, 0) is 73.4 Å². The van der Waals surface area contributed by atoms with Crippen molar-refractivity contribution in [2.75, 3.05) is 30.5 Å². The molecule has 10 heteroatoms. The number of hydrogen-bond acceptors (Lipinski definition) is 7. The highest BCUT2D eigenvalue weighted by molar-refractivity contribution is 6.39. The van der Waals surface area contributed by atoms with E-state index >= 15 is 0 Å². The van der Waals surface area contributed by atoms with E-state index in [0.717, 1.165) is 28.1 Å². The second kappa shape index (κ2) is 12.8. The molecule has 0 aromatic heterocycles. The van der Waals surface area contributed by atoms with Crippen LogP contribution in [-0.4, -0.2) is 44.1 Å². The van der Waals surface area contributed by atoms with Crippen molar-refractivity contribution in [3.05, 3.63) is 82.9 Å². The third-order valence-corrected chi connectivity index (χ3v) is 6.20. The van der Waals surface area contributed by atoms with E-state index in [1.807, 2.05) is 39.0 Å². The predicted octanol–water partition coefficient (Wildman–Crippen LogP) is 4.78. The fourth-order valence-electron chi connectivity index (χ4n) is 4.05. The smallest absolute Gasteiger partial charge is 0.335 e. The maximum atomic E-state index is 13.3. The van der Waals surface area contributed by atoms with Crippen molar-refractivity contribution in [3.63, 3.8) is 0 Å². The molecule has 212 valence electrons. The number of carbonyl (C=O) groups excluding carboxylic acids is 4. The van der Waals surface area contributed by atoms with Crippen molar-refractivity contribution < 1.29 is 33.4 Å². The van der Waals surface area contributed by atoms with Gasteiger partial charge in [0.25, 0.3) is 17.7 Å². The number of urea groups is 1. The van der Waals surface area contributed by atoms with Gasteiger partial charge < -0.3 is 19.5 Å². The van der Waals surface area contributed by atoms with Crippen molar-refractivity contribution in [1.82, 2.24) is 5.32 Å². The lowest BCUT2D eigenvalue weighted by molar-refractivity contribution is -0.122. The van der Waals surface area contributed by atoms with Gasteiger partial charge in [-0.2, -0.15) is 0 Å². The van der Waals surface area contributed by atoms with Crippen molar-refractivity contribution in [2.24, 2.45) is 0 Å². The molecule has 2 N–H and O–H groups in total. The average Bonchev–Trinajstić information content (AvgIpc) is 2.95. The zero-order valence-corrected chi connectivity index (χ0v) is 23.3. The van der Waals surface area contributed by atoms with Crippen LogP contribution in [0.1, 0.15) is 30.0 Å². The quantitative estimate of drug-likeness (QED) is 0.272. The number of imide groups is 2. The maximum Gasteiger partial charge on any atom is 0.335 e. The molecule has 1 aliphatic rings. The molecule has 5 amide bonds. The van der Waals surface area contributed by atoms with Crippen LogP contribution in [0.4, 0.5) is 16.2 Å². The van der Waals surface area contributed by atoms with Crippen LogP contribution in [0.5, 0.6) is 17.2 Å². The number of anilines is 2. The van der Waals surface area contributed by atoms with Crippen molar-refractivity contribution in [1.29, 1.82) is 0 Å². The summed E-state index contributed by atoms with van der Waals surface area (Å²) < 4.78 is 16.6. The Morgan fingerprint density at radius 3 is 2.41 bits per heavy atom. The first kappa shape index (κ1) is 28.9. The summed E-state index contributed by atoms with van der Waals surface area (Å²) in [6.07, 6.45) is 2.18. The van der Waals surface area contributed by atoms with Crippen molar-refractivity contribution in [2.45, 2.75) is 27.2 Å². The number of carbonyl (C=O) groups is 4. The van der Waals surface area contributed by atoms with E-state index in [2.05, 4.69) is 10.6 Å². The Morgan fingerprint density at radius 1 is 0.951 bits per heavy atom. The topological polar surface area (TPSA) is 123 Å². The van der Waals surface area contributed by atoms with Gasteiger partial charge in [-0.25, -0.2) is 9.69 Å². The summed E-state index contributed by atoms with van der Waals surface area (Å²) in [5.41, 5.74) is 3.21. The first-order chi connectivity index (χ1) is 19.7. The lowest BCUT2D eigenvalue weighted by Gasteiger charge is -2.27. The van der Waals surface area contributed by atoms with E-state index in [4.69, 9.17) is 14.2 Å². The third-order valence-electron chi connectivity index (χ3n) is 6.20. The summed E-state index contributed by atoms with van der Waals surface area (Å²) in [5, 5.41) is 5.04. The number of barbiturate groups is 1. The summed E-state index contributed by atoms with van der Waals surface area (Å²) >= 11 is 0. The summed E-state index contributed by atoms with van der Waals surface area (Å²) in [7, 11) is 1.45. The molecule has 0 spiro atoms. The molecule has 0 saturated carbocycles. The first-order valence-corrected chi connectivity index (χ1v) is 13.0. The highest BCUT2D eigenvalue weighted by atomic mass is 16.5. The van der Waals surface area contributed by atoms with E-state index in [-0.39, 0.29) is 23.8 Å². The molecule has 41 heavy (non-hydrogen) atoms. The predicted molar refractivity (Wildman–Crippen MR) is 154 cm³/mol. The molecule has 1 aliphatic heterocycles. The van der Waals surface area contributed by atoms with Gasteiger partial charge in [0.05, 0.1) is 19.4 Å². The molecule has 0 unspecified atom stereocenters. The zero-order valence-electron chi connectivity index (χ0n) is 23.3. The Bertz CT molecular complexity index is 1510. The minimum Gasteiger partial charge on any atom is -0.493 e. The van der Waals surface area contributed by atoms with Crippen LogP contribution in [0, 0.1) is 13.8 Å². The van der Waals surface area contributed by atoms with E-state index < -0.39 is 17.8 Å². The van der Waals surface area contributed by atoms with Gasteiger partial charge in [0.1, 0.15) is 11.3 Å². The molecule has 1 fully saturated rings. The van der Waals surface area contributed by atoms with Gasteiger partial charge in [-0.3, -0.25) is 19.7 Å². The highest BCUT2D eigenvalue weighted by Crippen LogP contribution is 2.33. The van der Waals surface area contributed by atoms with Crippen LogP contribution in [-0.2, 0) is 14.4 Å². The van der Waals surface area contributed by atoms with Gasteiger partial charge in [-0.15, -0.1) is 0 Å². The SMILES string of the molecule is CCCOc1ccc(N2C(=O)NC(=O)/C(=C/c3ccc(OCC(=O)Nc4cc(C)ccc4C)cc3)C2=O)cc1OC. The Balaban J connectivity index is 1.45. The molecular formula is C31H31N3O7. The van der Waals surface area contributed by atoms with E-state index in [0.29, 0.717) is 29.4 Å². The minimum absolute atomic E-state index is 0.197. The third kappa shape index (κ3) is 6.91. The molecule has 1 saturated heterocycles. The molecular weight excluding hydrogens is 526 g/mol. The Hall–Kier alpha value is -5.12. The molecule has 0 aliphatic carbocycles. The number of benzene rings is 3. The van der Waals surface area contributed by atoms with Gasteiger partial charge in [0, 0.05) is 11.8 Å². The first-order valence-electron chi connectivity index (χ1n) is 13.0. The maximum absolute atomic E-state index is 13.3. The number of aryl methyl sites for hydroxylation is 2. The number of nitrogens with zero attached hydrogens (tertiary/aromatic N) is 1. The van der Waals surface area contributed by atoms with E-state index in [1.54, 1.807) is 36.4 Å². The van der Waals surface area contributed by atoms with Gasteiger partial charge in [0.15, 0.2) is 18.1 Å². The van der Waals surface area contributed by atoms with Gasteiger partial charge in [0.2, 0.25) is 0 Å². The molecule has 3 aromatic carbocycles. The number of methoxy groups -OCH3 is 1. The van der Waals surface area contributed by atoms with Crippen molar-refractivity contribution in [3.8, 4) is 17.2 Å². The standard InChI is InChI=1S/C31H31N3O7/c1-5-14-40-26-13-10-22(17-27(26)39-4)34-30(37)24(29(36)33-31(34)38)16-21-8-11-23(12-9-21)41-18-28(35)32-25-15-19(2)6-7-20(25)3/h6-13,15-17H,5,14,18H2,1-4H3,(H,32,35)(H,33,36,38)/b24-16-. The monoisotopic (exact) mass is 557 g/mol. The summed E-state index contributed by atoms with van der Waals surface area (Å²) in [6.45, 7) is 6.10. The molecule has 0 radical (unpaired) electrons. The normalized spacial score (nSPS) is 14.1. The van der Waals surface area contributed by atoms with E-state index in [9.17, 15) is 19.2 Å². The zero-order chi connectivity index (χ0) is 29.5. The fraction of sp³-hybridized carbons (Fsp3) is 0.226. The summed E-state index contributed by atoms with van der Waals surface area (Å²) in [4.78, 5) is 51.7. The molecule has 1 heterocycles. The molecule has 3 aromatic rings. The lowest BCUT2D eigenvalue weighted by Crippen LogP contribution is -2.54. The fourth-order valence-corrected chi connectivity index (χ4v) is 4.05. The van der Waals surface area contributed by atoms with Gasteiger partial charge >= 0.3 is 6.03 Å². The lowest BCUT2D eigenvalue weighted by atomic mass is 10.1. The molecule has 0 bridgehead atoms. The highest BCUT2D eigenvalue weighted by Gasteiger charge is 2.37. The number of amides is 5. The second-order valence-corrected chi connectivity index (χ2v) is 9.37. The minimum atomic E-state index is -0.871. The number of ether oxygens (including phenoxy) is 3. The largest absolute Gasteiger partial charge is 0.493 e. The van der Waals surface area contributed by atoms with E-state index in [1.165, 1.54) is 19.3 Å². The average molecular weight is 558 g/mol. The van der Waals surface area contributed by atoms with Crippen LogP contribution in [0.15, 0.2) is 66.2 Å². The Kier molecular flexibility index (Phi) is 9.03. The van der Waals surface area contributed by atoms with Crippen molar-refractivity contribution >= 4 is 41.2 Å². The molecule has 0 atom stereocenters. The van der Waals surface area contributed by atoms with Crippen LogP contribution in [0.3, 0.4) is 0 Å². The number of nitrogens with one attached hydrogen (secondary N) is 2. The summed E-state index contributed by atoms with van der Waals surface area (Å²) in [6, 6.07) is 16.1.